The van der Waals surface area contributed by atoms with Crippen LogP contribution in [0.25, 0.3) is 0 Å². The molecule has 116 valence electrons. The summed E-state index contributed by atoms with van der Waals surface area (Å²) >= 11 is 0. The Labute approximate surface area is 127 Å². The predicted octanol–water partition coefficient (Wildman–Crippen LogP) is 3.35. The highest BCUT2D eigenvalue weighted by Crippen LogP contribution is 2.09. The second kappa shape index (κ2) is 9.16. The van der Waals surface area contributed by atoms with Gasteiger partial charge in [-0.05, 0) is 24.5 Å². The molecule has 0 bridgehead atoms. The molecular formula is C17H26N2O2. The number of para-hydroxylation sites is 1. The second-order valence-corrected chi connectivity index (χ2v) is 5.72. The molecule has 0 aliphatic rings. The lowest BCUT2D eigenvalue weighted by molar-refractivity contribution is -0.127. The number of anilines is 1. The molecule has 0 heterocycles. The fourth-order valence-electron chi connectivity index (χ4n) is 2.05. The van der Waals surface area contributed by atoms with Gasteiger partial charge in [0.1, 0.15) is 6.04 Å². The maximum absolute atomic E-state index is 12.3. The molecule has 4 heteroatoms. The first kappa shape index (κ1) is 17.2. The third-order valence-electron chi connectivity index (χ3n) is 3.13. The van der Waals surface area contributed by atoms with Gasteiger partial charge in [0.05, 0.1) is 0 Å². The quantitative estimate of drug-likeness (QED) is 0.771. The fourth-order valence-corrected chi connectivity index (χ4v) is 2.05. The van der Waals surface area contributed by atoms with E-state index in [4.69, 9.17) is 0 Å². The third-order valence-corrected chi connectivity index (χ3v) is 3.13. The van der Waals surface area contributed by atoms with E-state index in [1.807, 2.05) is 44.2 Å². The van der Waals surface area contributed by atoms with Gasteiger partial charge in [-0.2, -0.15) is 0 Å². The van der Waals surface area contributed by atoms with Crippen LogP contribution in [0.2, 0.25) is 0 Å². The molecule has 1 rings (SSSR count). The van der Waals surface area contributed by atoms with Gasteiger partial charge < -0.3 is 10.6 Å². The average molecular weight is 290 g/mol. The van der Waals surface area contributed by atoms with Crippen LogP contribution in [0.3, 0.4) is 0 Å². The van der Waals surface area contributed by atoms with E-state index in [1.54, 1.807) is 0 Å². The highest BCUT2D eigenvalue weighted by atomic mass is 16.2. The molecule has 0 aromatic heterocycles. The number of benzene rings is 1. The van der Waals surface area contributed by atoms with E-state index in [1.165, 1.54) is 0 Å². The summed E-state index contributed by atoms with van der Waals surface area (Å²) in [5.41, 5.74) is 0.752. The van der Waals surface area contributed by atoms with Gasteiger partial charge in [-0.3, -0.25) is 9.59 Å². The maximum Gasteiger partial charge on any atom is 0.246 e. The van der Waals surface area contributed by atoms with Gasteiger partial charge in [-0.15, -0.1) is 0 Å². The number of rotatable bonds is 8. The molecule has 0 radical (unpaired) electrons. The molecule has 2 amide bonds. The molecule has 1 atom stereocenters. The van der Waals surface area contributed by atoms with Crippen molar-refractivity contribution >= 4 is 17.5 Å². The summed E-state index contributed by atoms with van der Waals surface area (Å²) in [6, 6.07) is 8.85. The zero-order chi connectivity index (χ0) is 15.7. The first-order valence-corrected chi connectivity index (χ1v) is 7.68. The number of amides is 2. The highest BCUT2D eigenvalue weighted by molar-refractivity contribution is 5.97. The van der Waals surface area contributed by atoms with E-state index in [0.717, 1.165) is 18.5 Å². The number of nitrogens with one attached hydrogen (secondary N) is 2. The van der Waals surface area contributed by atoms with Crippen LogP contribution in [-0.4, -0.2) is 17.9 Å². The molecule has 0 saturated heterocycles. The Kier molecular flexibility index (Phi) is 7.51. The van der Waals surface area contributed by atoms with Crippen LogP contribution in [0, 0.1) is 5.92 Å². The topological polar surface area (TPSA) is 58.2 Å². The highest BCUT2D eigenvalue weighted by Gasteiger charge is 2.20. The van der Waals surface area contributed by atoms with Crippen LogP contribution in [-0.2, 0) is 9.59 Å². The molecular weight excluding hydrogens is 264 g/mol. The van der Waals surface area contributed by atoms with Crippen molar-refractivity contribution in [1.82, 2.24) is 5.32 Å². The second-order valence-electron chi connectivity index (χ2n) is 5.72. The Morgan fingerprint density at radius 3 is 2.38 bits per heavy atom. The van der Waals surface area contributed by atoms with Crippen molar-refractivity contribution in [3.63, 3.8) is 0 Å². The zero-order valence-electron chi connectivity index (χ0n) is 13.2. The van der Waals surface area contributed by atoms with Gasteiger partial charge in [-0.1, -0.05) is 51.8 Å². The summed E-state index contributed by atoms with van der Waals surface area (Å²) < 4.78 is 0. The molecule has 4 nitrogen and oxygen atoms in total. The van der Waals surface area contributed by atoms with E-state index >= 15 is 0 Å². The number of hydrogen-bond acceptors (Lipinski definition) is 2. The van der Waals surface area contributed by atoms with E-state index in [0.29, 0.717) is 12.8 Å². The SMILES string of the molecule is CCCCC(NC(=O)CC(C)C)C(=O)Nc1ccccc1. The maximum atomic E-state index is 12.3. The van der Waals surface area contributed by atoms with E-state index in [9.17, 15) is 9.59 Å². The molecule has 0 fully saturated rings. The Hall–Kier alpha value is -1.84. The summed E-state index contributed by atoms with van der Waals surface area (Å²) in [7, 11) is 0. The zero-order valence-corrected chi connectivity index (χ0v) is 13.2. The lowest BCUT2D eigenvalue weighted by Gasteiger charge is -2.19. The Morgan fingerprint density at radius 1 is 1.14 bits per heavy atom. The lowest BCUT2D eigenvalue weighted by Crippen LogP contribution is -2.44. The Balaban J connectivity index is 2.63. The summed E-state index contributed by atoms with van der Waals surface area (Å²) in [4.78, 5) is 24.2. The lowest BCUT2D eigenvalue weighted by atomic mass is 10.1. The molecule has 0 aliphatic carbocycles. The number of carbonyl (C=O) groups is 2. The number of carbonyl (C=O) groups excluding carboxylic acids is 2. The number of unbranched alkanes of at least 4 members (excludes halogenated alkanes) is 1. The first-order valence-electron chi connectivity index (χ1n) is 7.68. The monoisotopic (exact) mass is 290 g/mol. The molecule has 0 saturated carbocycles. The van der Waals surface area contributed by atoms with Crippen molar-refractivity contribution in [2.75, 3.05) is 5.32 Å². The first-order chi connectivity index (χ1) is 10.0. The van der Waals surface area contributed by atoms with Crippen molar-refractivity contribution < 1.29 is 9.59 Å². The van der Waals surface area contributed by atoms with Crippen LogP contribution in [0.4, 0.5) is 5.69 Å². The van der Waals surface area contributed by atoms with Crippen molar-refractivity contribution in [3.8, 4) is 0 Å². The molecule has 2 N–H and O–H groups in total. The summed E-state index contributed by atoms with van der Waals surface area (Å²) in [5, 5.41) is 5.71. The molecule has 0 aliphatic heterocycles. The minimum Gasteiger partial charge on any atom is -0.344 e. The van der Waals surface area contributed by atoms with Crippen molar-refractivity contribution in [3.05, 3.63) is 30.3 Å². The minimum absolute atomic E-state index is 0.0608. The largest absolute Gasteiger partial charge is 0.344 e. The Bertz CT molecular complexity index is 443. The third kappa shape index (κ3) is 6.93. The van der Waals surface area contributed by atoms with Gasteiger partial charge in [-0.25, -0.2) is 0 Å². The van der Waals surface area contributed by atoms with Gasteiger partial charge in [0.15, 0.2) is 0 Å². The van der Waals surface area contributed by atoms with Gasteiger partial charge in [0.2, 0.25) is 11.8 Å². The molecule has 0 spiro atoms. The smallest absolute Gasteiger partial charge is 0.246 e. The minimum atomic E-state index is -0.462. The van der Waals surface area contributed by atoms with Gasteiger partial charge >= 0.3 is 0 Å². The summed E-state index contributed by atoms with van der Waals surface area (Å²) in [6.07, 6.45) is 3.02. The average Bonchev–Trinajstić information content (AvgIpc) is 2.43. The predicted molar refractivity (Wildman–Crippen MR) is 86.0 cm³/mol. The van der Waals surface area contributed by atoms with Gasteiger partial charge in [0.25, 0.3) is 0 Å². The van der Waals surface area contributed by atoms with Crippen molar-refractivity contribution in [2.45, 2.75) is 52.5 Å². The van der Waals surface area contributed by atoms with Crippen LogP contribution in [0.1, 0.15) is 46.5 Å². The summed E-state index contributed by atoms with van der Waals surface area (Å²) in [6.45, 7) is 6.05. The van der Waals surface area contributed by atoms with Crippen LogP contribution >= 0.6 is 0 Å². The summed E-state index contributed by atoms with van der Waals surface area (Å²) in [5.74, 6) is 0.0788. The van der Waals surface area contributed by atoms with Crippen molar-refractivity contribution in [1.29, 1.82) is 0 Å². The van der Waals surface area contributed by atoms with Gasteiger partial charge in [0, 0.05) is 12.1 Å². The molecule has 1 aromatic carbocycles. The van der Waals surface area contributed by atoms with Crippen molar-refractivity contribution in [2.24, 2.45) is 5.92 Å². The number of hydrogen-bond donors (Lipinski definition) is 2. The molecule has 1 unspecified atom stereocenters. The van der Waals surface area contributed by atoms with Crippen LogP contribution in [0.5, 0.6) is 0 Å². The fraction of sp³-hybridized carbons (Fsp3) is 0.529. The van der Waals surface area contributed by atoms with Crippen LogP contribution in [0.15, 0.2) is 30.3 Å². The molecule has 1 aromatic rings. The van der Waals surface area contributed by atoms with E-state index in [-0.39, 0.29) is 17.7 Å². The normalized spacial score (nSPS) is 12.0. The van der Waals surface area contributed by atoms with Crippen LogP contribution < -0.4 is 10.6 Å². The molecule has 21 heavy (non-hydrogen) atoms. The Morgan fingerprint density at radius 2 is 1.81 bits per heavy atom. The van der Waals surface area contributed by atoms with E-state index in [2.05, 4.69) is 17.6 Å². The van der Waals surface area contributed by atoms with E-state index < -0.39 is 6.04 Å². The standard InChI is InChI=1S/C17H26N2O2/c1-4-5-11-15(19-16(20)12-13(2)3)17(21)18-14-9-7-6-8-10-14/h6-10,13,15H,4-5,11-12H2,1-3H3,(H,18,21)(H,19,20).